The second-order valence-electron chi connectivity index (χ2n) is 8.36. The van der Waals surface area contributed by atoms with E-state index in [0.29, 0.717) is 31.1 Å². The Hall–Kier alpha value is -3.70. The molecule has 3 aromatic carbocycles. The van der Waals surface area contributed by atoms with E-state index >= 15 is 0 Å². The van der Waals surface area contributed by atoms with Crippen molar-refractivity contribution in [2.45, 2.75) is 26.0 Å². The van der Waals surface area contributed by atoms with E-state index in [0.717, 1.165) is 45.1 Å². The second kappa shape index (κ2) is 10.1. The van der Waals surface area contributed by atoms with Crippen molar-refractivity contribution >= 4 is 39.3 Å². The van der Waals surface area contributed by atoms with Gasteiger partial charge < -0.3 is 19.6 Å². The van der Waals surface area contributed by atoms with Crippen molar-refractivity contribution in [2.24, 2.45) is 0 Å². The molecule has 172 valence electrons. The number of aryl methyl sites for hydroxylation is 1. The molecule has 0 saturated heterocycles. The Kier molecular flexibility index (Phi) is 6.54. The van der Waals surface area contributed by atoms with Gasteiger partial charge in [0, 0.05) is 58.7 Å². The van der Waals surface area contributed by atoms with Crippen molar-refractivity contribution in [1.29, 1.82) is 0 Å². The van der Waals surface area contributed by atoms with Crippen LogP contribution in [-0.2, 0) is 24.4 Å². The summed E-state index contributed by atoms with van der Waals surface area (Å²) in [7, 11) is 0. The number of nitrogens with one attached hydrogen (secondary N) is 2. The number of carbonyl (C=O) groups excluding carboxylic acids is 1. The first kappa shape index (κ1) is 22.1. The number of aromatic nitrogens is 2. The fraction of sp³-hybridized carbons (Fsp3) is 0.179. The van der Waals surface area contributed by atoms with Gasteiger partial charge in [0.1, 0.15) is 12.4 Å². The number of ether oxygens (including phenoxy) is 1. The maximum Gasteiger partial charge on any atom is 0.221 e. The maximum atomic E-state index is 12.4. The van der Waals surface area contributed by atoms with Crippen LogP contribution in [0.15, 0.2) is 85.2 Å². The SMILES string of the molecule is O=C(CCn1ccc2cc(OCc3ccccc3)ccc21)NCCc1c[nH]c2ccc(Cl)cc12. The lowest BCUT2D eigenvalue weighted by atomic mass is 10.1. The van der Waals surface area contributed by atoms with Crippen molar-refractivity contribution in [1.82, 2.24) is 14.9 Å². The van der Waals surface area contributed by atoms with Crippen molar-refractivity contribution in [2.75, 3.05) is 6.54 Å². The Morgan fingerprint density at radius 3 is 2.79 bits per heavy atom. The summed E-state index contributed by atoms with van der Waals surface area (Å²) in [6.07, 6.45) is 5.19. The molecule has 0 aliphatic heterocycles. The first-order chi connectivity index (χ1) is 16.7. The lowest BCUT2D eigenvalue weighted by molar-refractivity contribution is -0.121. The van der Waals surface area contributed by atoms with Gasteiger partial charge in [-0.1, -0.05) is 41.9 Å². The van der Waals surface area contributed by atoms with Crippen LogP contribution in [0.5, 0.6) is 5.75 Å². The largest absolute Gasteiger partial charge is 0.489 e. The molecule has 2 aromatic heterocycles. The Morgan fingerprint density at radius 2 is 1.91 bits per heavy atom. The molecule has 34 heavy (non-hydrogen) atoms. The summed E-state index contributed by atoms with van der Waals surface area (Å²) >= 11 is 6.12. The zero-order chi connectivity index (χ0) is 23.3. The van der Waals surface area contributed by atoms with E-state index in [9.17, 15) is 4.79 Å². The molecule has 2 N–H and O–H groups in total. The van der Waals surface area contributed by atoms with Crippen molar-refractivity contribution in [3.63, 3.8) is 0 Å². The molecule has 0 atom stereocenters. The zero-order valence-corrected chi connectivity index (χ0v) is 19.5. The highest BCUT2D eigenvalue weighted by molar-refractivity contribution is 6.31. The van der Waals surface area contributed by atoms with Crippen LogP contribution in [0.25, 0.3) is 21.8 Å². The highest BCUT2D eigenvalue weighted by atomic mass is 35.5. The number of carbonyl (C=O) groups is 1. The summed E-state index contributed by atoms with van der Waals surface area (Å²) in [6, 6.07) is 24.1. The van der Waals surface area contributed by atoms with Crippen LogP contribution < -0.4 is 10.1 Å². The first-order valence-corrected chi connectivity index (χ1v) is 11.8. The number of fused-ring (bicyclic) bond motifs is 2. The van der Waals surface area contributed by atoms with Crippen molar-refractivity contribution < 1.29 is 9.53 Å². The average Bonchev–Trinajstić information content (AvgIpc) is 3.45. The molecular formula is C28H26ClN3O2. The molecular weight excluding hydrogens is 446 g/mol. The van der Waals surface area contributed by atoms with Crippen LogP contribution in [0.4, 0.5) is 0 Å². The smallest absolute Gasteiger partial charge is 0.221 e. The van der Waals surface area contributed by atoms with Crippen LogP contribution >= 0.6 is 11.6 Å². The number of hydrogen-bond acceptors (Lipinski definition) is 2. The summed E-state index contributed by atoms with van der Waals surface area (Å²) in [5, 5.41) is 5.95. The van der Waals surface area contributed by atoms with Crippen LogP contribution in [0, 0.1) is 0 Å². The molecule has 6 heteroatoms. The third kappa shape index (κ3) is 5.10. The topological polar surface area (TPSA) is 59.0 Å². The minimum atomic E-state index is 0.0440. The number of benzene rings is 3. The lowest BCUT2D eigenvalue weighted by Crippen LogP contribution is -2.26. The fourth-order valence-electron chi connectivity index (χ4n) is 4.21. The van der Waals surface area contributed by atoms with Gasteiger partial charge in [0.05, 0.1) is 0 Å². The van der Waals surface area contributed by atoms with Gasteiger partial charge in [-0.25, -0.2) is 0 Å². The average molecular weight is 472 g/mol. The highest BCUT2D eigenvalue weighted by Crippen LogP contribution is 2.24. The van der Waals surface area contributed by atoms with Crippen molar-refractivity contribution in [3.8, 4) is 5.75 Å². The quantitative estimate of drug-likeness (QED) is 0.272. The number of amides is 1. The van der Waals surface area contributed by atoms with Gasteiger partial charge in [-0.05, 0) is 60.0 Å². The van der Waals surface area contributed by atoms with Gasteiger partial charge in [0.25, 0.3) is 0 Å². The fourth-order valence-corrected chi connectivity index (χ4v) is 4.38. The number of halogens is 1. The maximum absolute atomic E-state index is 12.4. The van der Waals surface area contributed by atoms with Crippen molar-refractivity contribution in [3.05, 3.63) is 101 Å². The minimum absolute atomic E-state index is 0.0440. The van der Waals surface area contributed by atoms with Gasteiger partial charge >= 0.3 is 0 Å². The normalized spacial score (nSPS) is 11.2. The first-order valence-electron chi connectivity index (χ1n) is 11.4. The molecule has 0 saturated carbocycles. The molecule has 5 nitrogen and oxygen atoms in total. The van der Waals surface area contributed by atoms with Crippen LogP contribution in [0.2, 0.25) is 5.02 Å². The number of hydrogen-bond donors (Lipinski definition) is 2. The van der Waals surface area contributed by atoms with E-state index in [1.165, 1.54) is 0 Å². The standard InChI is InChI=1S/C28H26ClN3O2/c29-23-6-8-26-25(17-23)22(18-31-26)10-13-30-28(33)12-15-32-14-11-21-16-24(7-9-27(21)32)34-19-20-4-2-1-3-5-20/h1-9,11,14,16-18,31H,10,12-13,15,19H2,(H,30,33). The van der Waals surface area contributed by atoms with Crippen LogP contribution in [0.1, 0.15) is 17.5 Å². The van der Waals surface area contributed by atoms with Gasteiger partial charge in [-0.2, -0.15) is 0 Å². The Morgan fingerprint density at radius 1 is 1.03 bits per heavy atom. The molecule has 0 spiro atoms. The molecule has 0 unspecified atom stereocenters. The van der Waals surface area contributed by atoms with Crippen LogP contribution in [-0.4, -0.2) is 22.0 Å². The second-order valence-corrected chi connectivity index (χ2v) is 8.79. The van der Waals surface area contributed by atoms with Crippen LogP contribution in [0.3, 0.4) is 0 Å². The van der Waals surface area contributed by atoms with E-state index < -0.39 is 0 Å². The summed E-state index contributed by atoms with van der Waals surface area (Å²) in [5.41, 5.74) is 4.44. The Balaban J connectivity index is 1.12. The summed E-state index contributed by atoms with van der Waals surface area (Å²) in [4.78, 5) is 15.7. The summed E-state index contributed by atoms with van der Waals surface area (Å²) in [5.74, 6) is 0.882. The van der Waals surface area contributed by atoms with E-state index in [4.69, 9.17) is 16.3 Å². The Bertz CT molecular complexity index is 1420. The van der Waals surface area contributed by atoms with E-state index in [1.54, 1.807) is 0 Å². The van der Waals surface area contributed by atoms with Gasteiger partial charge in [-0.3, -0.25) is 4.79 Å². The molecule has 5 rings (SSSR count). The van der Waals surface area contributed by atoms with Gasteiger partial charge in [0.15, 0.2) is 0 Å². The molecule has 0 aliphatic carbocycles. The van der Waals surface area contributed by atoms with E-state index in [2.05, 4.69) is 39.1 Å². The molecule has 5 aromatic rings. The number of H-pyrrole nitrogens is 1. The molecule has 1 amide bonds. The van der Waals surface area contributed by atoms with Gasteiger partial charge in [-0.15, -0.1) is 0 Å². The predicted molar refractivity (Wildman–Crippen MR) is 137 cm³/mol. The monoisotopic (exact) mass is 471 g/mol. The predicted octanol–water partition coefficient (Wildman–Crippen LogP) is 6.10. The summed E-state index contributed by atoms with van der Waals surface area (Å²) in [6.45, 7) is 1.76. The van der Waals surface area contributed by atoms with Gasteiger partial charge in [0.2, 0.25) is 5.91 Å². The Labute approximate surface area is 203 Å². The number of rotatable bonds is 9. The minimum Gasteiger partial charge on any atom is -0.489 e. The third-order valence-corrected chi connectivity index (χ3v) is 6.25. The number of aromatic amines is 1. The number of nitrogens with zero attached hydrogens (tertiary/aromatic N) is 1. The molecule has 0 bridgehead atoms. The third-order valence-electron chi connectivity index (χ3n) is 6.02. The lowest BCUT2D eigenvalue weighted by Gasteiger charge is -2.09. The summed E-state index contributed by atoms with van der Waals surface area (Å²) < 4.78 is 8.04. The highest BCUT2D eigenvalue weighted by Gasteiger charge is 2.08. The van der Waals surface area contributed by atoms with E-state index in [1.807, 2.05) is 60.9 Å². The molecule has 2 heterocycles. The molecule has 0 radical (unpaired) electrons. The zero-order valence-electron chi connectivity index (χ0n) is 18.8. The molecule has 0 fully saturated rings. The van der Waals surface area contributed by atoms with E-state index in [-0.39, 0.29) is 5.91 Å². The molecule has 0 aliphatic rings.